The smallest absolute Gasteiger partial charge is 0.412 e. The van der Waals surface area contributed by atoms with Crippen LogP contribution in [-0.2, 0) is 11.3 Å². The summed E-state index contributed by atoms with van der Waals surface area (Å²) in [4.78, 5) is 51.6. The number of hydrogen-bond acceptors (Lipinski definition) is 5. The van der Waals surface area contributed by atoms with Gasteiger partial charge < -0.3 is 15.0 Å². The van der Waals surface area contributed by atoms with Crippen LogP contribution in [0.25, 0.3) is 10.9 Å². The molecule has 0 atom stereocenters. The number of nitrogens with zero attached hydrogens (tertiary/aromatic N) is 1. The fourth-order valence-corrected chi connectivity index (χ4v) is 3.00. The Morgan fingerprint density at radius 2 is 1.81 bits per heavy atom. The molecule has 0 unspecified atom stereocenters. The zero-order valence-electron chi connectivity index (χ0n) is 18.0. The second-order valence-electron chi connectivity index (χ2n) is 8.02. The minimum Gasteiger partial charge on any atom is -0.444 e. The van der Waals surface area contributed by atoms with Gasteiger partial charge in [-0.2, -0.15) is 0 Å². The molecule has 3 aromatic rings. The minimum absolute atomic E-state index is 0.167. The molecule has 0 aliphatic rings. The summed E-state index contributed by atoms with van der Waals surface area (Å²) in [5, 5.41) is 5.17. The van der Waals surface area contributed by atoms with Gasteiger partial charge in [-0.25, -0.2) is 14.0 Å². The zero-order valence-corrected chi connectivity index (χ0v) is 18.0. The Kier molecular flexibility index (Phi) is 6.15. The lowest BCUT2D eigenvalue weighted by Crippen LogP contribution is -2.34. The number of ether oxygens (including phenoxy) is 1. The Morgan fingerprint density at radius 3 is 2.47 bits per heavy atom. The standard InChI is InChI=1S/C22H23FN4O5/c1-5-27-19(29)14-8-6-12(10-16(14)25-20(27)30)18(28)24-13-7-9-15(23)17(11-13)26-21(31)32-22(2,3)4/h6-11H,5H2,1-4H3,(H,24,28)(H,25,30)(H,26,31). The fourth-order valence-electron chi connectivity index (χ4n) is 3.00. The molecule has 0 aliphatic heterocycles. The highest BCUT2D eigenvalue weighted by molar-refractivity contribution is 6.06. The van der Waals surface area contributed by atoms with Gasteiger partial charge in [-0.05, 0) is 64.1 Å². The molecule has 2 aromatic carbocycles. The van der Waals surface area contributed by atoms with Crippen molar-refractivity contribution < 1.29 is 18.7 Å². The van der Waals surface area contributed by atoms with Crippen LogP contribution in [-0.4, -0.2) is 27.2 Å². The van der Waals surface area contributed by atoms with E-state index >= 15 is 0 Å². The number of aromatic nitrogens is 2. The molecule has 3 N–H and O–H groups in total. The molecule has 1 heterocycles. The maximum Gasteiger partial charge on any atom is 0.412 e. The van der Waals surface area contributed by atoms with E-state index in [2.05, 4.69) is 15.6 Å². The first-order valence-corrected chi connectivity index (χ1v) is 9.86. The average Bonchev–Trinajstić information content (AvgIpc) is 2.69. The third-order valence-electron chi connectivity index (χ3n) is 4.42. The molecule has 10 heteroatoms. The molecule has 9 nitrogen and oxygen atoms in total. The first-order chi connectivity index (χ1) is 15.0. The maximum absolute atomic E-state index is 14.1. The molecule has 0 saturated carbocycles. The number of aromatic amines is 1. The Bertz CT molecular complexity index is 1320. The van der Waals surface area contributed by atoms with E-state index in [1.165, 1.54) is 30.3 Å². The molecule has 2 amide bonds. The number of halogens is 1. The molecule has 0 radical (unpaired) electrons. The monoisotopic (exact) mass is 442 g/mol. The van der Waals surface area contributed by atoms with E-state index in [1.807, 2.05) is 0 Å². The van der Waals surface area contributed by atoms with E-state index in [9.17, 15) is 23.6 Å². The van der Waals surface area contributed by atoms with Crippen molar-refractivity contribution in [2.75, 3.05) is 10.6 Å². The van der Waals surface area contributed by atoms with Crippen LogP contribution in [0, 0.1) is 5.82 Å². The van der Waals surface area contributed by atoms with Crippen molar-refractivity contribution >= 4 is 34.3 Å². The van der Waals surface area contributed by atoms with Crippen molar-refractivity contribution in [2.45, 2.75) is 39.8 Å². The molecule has 0 spiro atoms. The number of carbonyl (C=O) groups is 2. The van der Waals surface area contributed by atoms with Crippen molar-refractivity contribution in [3.8, 4) is 0 Å². The molecule has 32 heavy (non-hydrogen) atoms. The van der Waals surface area contributed by atoms with Crippen LogP contribution in [0.4, 0.5) is 20.6 Å². The average molecular weight is 442 g/mol. The van der Waals surface area contributed by atoms with Crippen molar-refractivity contribution in [1.82, 2.24) is 9.55 Å². The minimum atomic E-state index is -0.837. The SMILES string of the molecule is CCn1c(=O)[nH]c2cc(C(=O)Nc3ccc(F)c(NC(=O)OC(C)(C)C)c3)ccc2c1=O. The number of hydrogen-bond donors (Lipinski definition) is 3. The van der Waals surface area contributed by atoms with Crippen molar-refractivity contribution in [1.29, 1.82) is 0 Å². The molecule has 168 valence electrons. The van der Waals surface area contributed by atoms with Crippen LogP contribution in [0.15, 0.2) is 46.0 Å². The van der Waals surface area contributed by atoms with E-state index in [-0.39, 0.29) is 34.4 Å². The first-order valence-electron chi connectivity index (χ1n) is 9.86. The van der Waals surface area contributed by atoms with Crippen LogP contribution in [0.1, 0.15) is 38.1 Å². The lowest BCUT2D eigenvalue weighted by Gasteiger charge is -2.20. The van der Waals surface area contributed by atoms with E-state index in [1.54, 1.807) is 27.7 Å². The van der Waals surface area contributed by atoms with Gasteiger partial charge in [-0.15, -0.1) is 0 Å². The summed E-state index contributed by atoms with van der Waals surface area (Å²) >= 11 is 0. The third-order valence-corrected chi connectivity index (χ3v) is 4.42. The number of nitrogens with one attached hydrogen (secondary N) is 3. The van der Waals surface area contributed by atoms with Gasteiger partial charge in [0.1, 0.15) is 11.4 Å². The van der Waals surface area contributed by atoms with Gasteiger partial charge in [0.15, 0.2) is 0 Å². The highest BCUT2D eigenvalue weighted by atomic mass is 19.1. The number of benzene rings is 2. The topological polar surface area (TPSA) is 122 Å². The highest BCUT2D eigenvalue weighted by Crippen LogP contribution is 2.22. The Labute approximate surface area is 182 Å². The first kappa shape index (κ1) is 22.7. The second kappa shape index (κ2) is 8.66. The van der Waals surface area contributed by atoms with Crippen molar-refractivity contribution in [3.63, 3.8) is 0 Å². The predicted octanol–water partition coefficient (Wildman–Crippen LogP) is 3.45. The summed E-state index contributed by atoms with van der Waals surface area (Å²) in [5.41, 5.74) is -1.33. The Balaban J connectivity index is 1.84. The predicted molar refractivity (Wildman–Crippen MR) is 119 cm³/mol. The van der Waals surface area contributed by atoms with Gasteiger partial charge in [0.25, 0.3) is 11.5 Å². The van der Waals surface area contributed by atoms with Gasteiger partial charge in [-0.1, -0.05) is 0 Å². The van der Waals surface area contributed by atoms with E-state index in [0.717, 1.165) is 10.6 Å². The van der Waals surface area contributed by atoms with E-state index in [0.29, 0.717) is 0 Å². The number of amides is 2. The lowest BCUT2D eigenvalue weighted by molar-refractivity contribution is 0.0635. The van der Waals surface area contributed by atoms with Gasteiger partial charge in [0, 0.05) is 17.8 Å². The summed E-state index contributed by atoms with van der Waals surface area (Å²) in [6.45, 7) is 6.92. The van der Waals surface area contributed by atoms with Crippen LogP contribution in [0.5, 0.6) is 0 Å². The van der Waals surface area contributed by atoms with E-state index in [4.69, 9.17) is 4.74 Å². The molecule has 3 rings (SSSR count). The quantitative estimate of drug-likeness (QED) is 0.571. The summed E-state index contributed by atoms with van der Waals surface area (Å²) in [6, 6.07) is 7.95. The lowest BCUT2D eigenvalue weighted by atomic mass is 10.1. The summed E-state index contributed by atoms with van der Waals surface area (Å²) < 4.78 is 20.2. The number of H-pyrrole nitrogens is 1. The summed E-state index contributed by atoms with van der Waals surface area (Å²) in [5.74, 6) is -1.26. The maximum atomic E-state index is 14.1. The molecule has 0 bridgehead atoms. The molecule has 0 saturated heterocycles. The van der Waals surface area contributed by atoms with Crippen LogP contribution in [0.3, 0.4) is 0 Å². The second-order valence-corrected chi connectivity index (χ2v) is 8.02. The number of anilines is 2. The van der Waals surface area contributed by atoms with E-state index < -0.39 is 34.7 Å². The van der Waals surface area contributed by atoms with Crippen LogP contribution >= 0.6 is 0 Å². The molecule has 0 aliphatic carbocycles. The highest BCUT2D eigenvalue weighted by Gasteiger charge is 2.18. The number of rotatable bonds is 4. The van der Waals surface area contributed by atoms with Gasteiger partial charge in [0.05, 0.1) is 16.6 Å². The van der Waals surface area contributed by atoms with Crippen molar-refractivity contribution in [2.24, 2.45) is 0 Å². The van der Waals surface area contributed by atoms with Gasteiger partial charge >= 0.3 is 11.8 Å². The Hall–Kier alpha value is -3.95. The van der Waals surface area contributed by atoms with Gasteiger partial charge in [0.2, 0.25) is 0 Å². The number of fused-ring (bicyclic) bond motifs is 1. The fraction of sp³-hybridized carbons (Fsp3) is 0.273. The molecular weight excluding hydrogens is 419 g/mol. The molecule has 0 fully saturated rings. The number of carbonyl (C=O) groups excluding carboxylic acids is 2. The zero-order chi connectivity index (χ0) is 23.6. The molecular formula is C22H23FN4O5. The Morgan fingerprint density at radius 1 is 1.09 bits per heavy atom. The van der Waals surface area contributed by atoms with Crippen LogP contribution < -0.4 is 21.9 Å². The third kappa shape index (κ3) is 5.02. The van der Waals surface area contributed by atoms with Crippen molar-refractivity contribution in [3.05, 3.63) is 68.6 Å². The normalized spacial score (nSPS) is 11.3. The largest absolute Gasteiger partial charge is 0.444 e. The summed E-state index contributed by atoms with van der Waals surface area (Å²) in [6.07, 6.45) is -0.837. The van der Waals surface area contributed by atoms with Gasteiger partial charge in [-0.3, -0.25) is 19.5 Å². The van der Waals surface area contributed by atoms with Crippen LogP contribution in [0.2, 0.25) is 0 Å². The molecule has 1 aromatic heterocycles. The summed E-state index contributed by atoms with van der Waals surface area (Å²) in [7, 11) is 0.